The van der Waals surface area contributed by atoms with Crippen LogP contribution >= 0.6 is 0 Å². The van der Waals surface area contributed by atoms with Gasteiger partial charge >= 0.3 is 0 Å². The number of sulfonamides is 1. The van der Waals surface area contributed by atoms with Crippen LogP contribution in [0.2, 0.25) is 0 Å². The maximum atomic E-state index is 13.0. The molecule has 0 atom stereocenters. The van der Waals surface area contributed by atoms with E-state index < -0.39 is 15.9 Å². The molecule has 1 aliphatic rings. The van der Waals surface area contributed by atoms with Crippen LogP contribution in [0.3, 0.4) is 0 Å². The van der Waals surface area contributed by atoms with Crippen molar-refractivity contribution >= 4 is 15.9 Å². The van der Waals surface area contributed by atoms with Crippen molar-refractivity contribution in [3.63, 3.8) is 0 Å². The molecule has 3 rings (SSSR count). The Balaban J connectivity index is 1.77. The highest BCUT2D eigenvalue weighted by atomic mass is 32.2. The first-order chi connectivity index (χ1) is 13.0. The molecule has 0 radical (unpaired) electrons. The highest BCUT2D eigenvalue weighted by molar-refractivity contribution is 7.89. The zero-order chi connectivity index (χ0) is 19.3. The first-order valence-corrected chi connectivity index (χ1v) is 10.5. The van der Waals surface area contributed by atoms with Crippen LogP contribution in [0.5, 0.6) is 5.75 Å². The molecule has 0 saturated carbocycles. The molecule has 0 spiro atoms. The number of carbonyl (C=O) groups excluding carboxylic acids is 1. The predicted molar refractivity (Wildman–Crippen MR) is 103 cm³/mol. The summed E-state index contributed by atoms with van der Waals surface area (Å²) in [5.41, 5.74) is 1.08. The third-order valence-corrected chi connectivity index (χ3v) is 6.63. The molecule has 1 aliphatic heterocycles. The van der Waals surface area contributed by atoms with Gasteiger partial charge < -0.3 is 10.1 Å². The molecule has 0 aliphatic carbocycles. The fourth-order valence-corrected chi connectivity index (χ4v) is 4.85. The average molecular weight is 388 g/mol. The van der Waals surface area contributed by atoms with Gasteiger partial charge in [0.2, 0.25) is 10.0 Å². The van der Waals surface area contributed by atoms with Crippen molar-refractivity contribution in [3.8, 4) is 5.75 Å². The highest BCUT2D eigenvalue weighted by Gasteiger charge is 2.29. The van der Waals surface area contributed by atoms with Gasteiger partial charge in [-0.1, -0.05) is 30.7 Å². The zero-order valence-electron chi connectivity index (χ0n) is 15.3. The second-order valence-electron chi connectivity index (χ2n) is 6.49. The van der Waals surface area contributed by atoms with Crippen molar-refractivity contribution in [2.24, 2.45) is 0 Å². The maximum Gasteiger partial charge on any atom is 0.252 e. The third-order valence-electron chi connectivity index (χ3n) is 4.68. The summed E-state index contributed by atoms with van der Waals surface area (Å²) in [5, 5.41) is 2.81. The quantitative estimate of drug-likeness (QED) is 0.826. The van der Waals surface area contributed by atoms with Gasteiger partial charge in [-0.05, 0) is 42.7 Å². The highest BCUT2D eigenvalue weighted by Crippen LogP contribution is 2.23. The Morgan fingerprint density at radius 1 is 1.04 bits per heavy atom. The number of hydrogen-bond acceptors (Lipinski definition) is 4. The molecule has 2 aromatic carbocycles. The normalized spacial score (nSPS) is 15.3. The summed E-state index contributed by atoms with van der Waals surface area (Å²) >= 11 is 0. The first kappa shape index (κ1) is 19.4. The Bertz CT molecular complexity index is 888. The first-order valence-electron chi connectivity index (χ1n) is 9.02. The largest absolute Gasteiger partial charge is 0.497 e. The SMILES string of the molecule is COc1ccc(CNC(=O)c2ccccc2S(=O)(=O)N2CCCCC2)cc1. The molecule has 1 heterocycles. The van der Waals surface area contributed by atoms with E-state index in [-0.39, 0.29) is 10.5 Å². The van der Waals surface area contributed by atoms with E-state index in [0.717, 1.165) is 30.6 Å². The molecular weight excluding hydrogens is 364 g/mol. The molecule has 1 amide bonds. The van der Waals surface area contributed by atoms with Crippen molar-refractivity contribution in [1.82, 2.24) is 9.62 Å². The van der Waals surface area contributed by atoms with Crippen LogP contribution in [0.15, 0.2) is 53.4 Å². The summed E-state index contributed by atoms with van der Waals surface area (Å²) in [7, 11) is -2.08. The van der Waals surface area contributed by atoms with Crippen molar-refractivity contribution in [2.45, 2.75) is 30.7 Å². The summed E-state index contributed by atoms with van der Waals surface area (Å²) < 4.78 is 32.6. The van der Waals surface area contributed by atoms with E-state index in [0.29, 0.717) is 19.6 Å². The molecule has 6 nitrogen and oxygen atoms in total. The molecule has 0 aromatic heterocycles. The van der Waals surface area contributed by atoms with Crippen LogP contribution in [0.4, 0.5) is 0 Å². The number of ether oxygens (including phenoxy) is 1. The van der Waals surface area contributed by atoms with Crippen LogP contribution in [0, 0.1) is 0 Å². The Labute approximate surface area is 160 Å². The van der Waals surface area contributed by atoms with E-state index in [4.69, 9.17) is 4.74 Å². The molecule has 1 fully saturated rings. The Morgan fingerprint density at radius 2 is 1.70 bits per heavy atom. The van der Waals surface area contributed by atoms with Crippen LogP contribution < -0.4 is 10.1 Å². The molecule has 0 unspecified atom stereocenters. The van der Waals surface area contributed by atoms with E-state index >= 15 is 0 Å². The number of nitrogens with one attached hydrogen (secondary N) is 1. The molecule has 1 N–H and O–H groups in total. The number of benzene rings is 2. The maximum absolute atomic E-state index is 13.0. The predicted octanol–water partition coefficient (Wildman–Crippen LogP) is 2.80. The van der Waals surface area contributed by atoms with Gasteiger partial charge in [0.25, 0.3) is 5.91 Å². The zero-order valence-corrected chi connectivity index (χ0v) is 16.2. The topological polar surface area (TPSA) is 75.7 Å². The van der Waals surface area contributed by atoms with E-state index in [1.54, 1.807) is 25.3 Å². The molecule has 0 bridgehead atoms. The minimum atomic E-state index is -3.67. The number of carbonyl (C=O) groups is 1. The van der Waals surface area contributed by atoms with Crippen molar-refractivity contribution < 1.29 is 17.9 Å². The lowest BCUT2D eigenvalue weighted by Gasteiger charge is -2.26. The van der Waals surface area contributed by atoms with E-state index in [1.165, 1.54) is 10.4 Å². The lowest BCUT2D eigenvalue weighted by Crippen LogP contribution is -2.37. The molecule has 1 saturated heterocycles. The molecule has 27 heavy (non-hydrogen) atoms. The number of methoxy groups -OCH3 is 1. The van der Waals surface area contributed by atoms with Gasteiger partial charge in [0.1, 0.15) is 5.75 Å². The summed E-state index contributed by atoms with van der Waals surface area (Å²) in [6, 6.07) is 13.7. The van der Waals surface area contributed by atoms with Crippen molar-refractivity contribution in [1.29, 1.82) is 0 Å². The monoisotopic (exact) mass is 388 g/mol. The Kier molecular flexibility index (Phi) is 6.13. The number of amides is 1. The second-order valence-corrected chi connectivity index (χ2v) is 8.40. The Hall–Kier alpha value is -2.38. The standard InChI is InChI=1S/C20H24N2O4S/c1-26-17-11-9-16(10-12-17)15-21-20(23)18-7-3-4-8-19(18)27(24,25)22-13-5-2-6-14-22/h3-4,7-12H,2,5-6,13-15H2,1H3,(H,21,23). The number of nitrogens with zero attached hydrogens (tertiary/aromatic N) is 1. The van der Waals surface area contributed by atoms with Crippen LogP contribution in [0.25, 0.3) is 0 Å². The van der Waals surface area contributed by atoms with E-state index in [2.05, 4.69) is 5.32 Å². The smallest absolute Gasteiger partial charge is 0.252 e. The van der Waals surface area contributed by atoms with Gasteiger partial charge in [0.15, 0.2) is 0 Å². The van der Waals surface area contributed by atoms with Crippen LogP contribution in [-0.2, 0) is 16.6 Å². The number of hydrogen-bond donors (Lipinski definition) is 1. The van der Waals surface area contributed by atoms with Gasteiger partial charge in [-0.15, -0.1) is 0 Å². The lowest BCUT2D eigenvalue weighted by molar-refractivity contribution is 0.0947. The van der Waals surface area contributed by atoms with Gasteiger partial charge in [0, 0.05) is 19.6 Å². The molecule has 2 aromatic rings. The summed E-state index contributed by atoms with van der Waals surface area (Å²) in [6.45, 7) is 1.31. The van der Waals surface area contributed by atoms with E-state index in [9.17, 15) is 13.2 Å². The lowest BCUT2D eigenvalue weighted by atomic mass is 10.2. The average Bonchev–Trinajstić information content (AvgIpc) is 2.73. The molecule has 144 valence electrons. The van der Waals surface area contributed by atoms with E-state index in [1.807, 2.05) is 24.3 Å². The molecular formula is C20H24N2O4S. The second kappa shape index (κ2) is 8.54. The van der Waals surface area contributed by atoms with Gasteiger partial charge in [-0.3, -0.25) is 4.79 Å². The Morgan fingerprint density at radius 3 is 2.37 bits per heavy atom. The van der Waals surface area contributed by atoms with Gasteiger partial charge in [-0.25, -0.2) is 8.42 Å². The molecule has 7 heteroatoms. The summed E-state index contributed by atoms with van der Waals surface area (Å²) in [6.07, 6.45) is 2.74. The fourth-order valence-electron chi connectivity index (χ4n) is 3.14. The number of rotatable bonds is 6. The summed E-state index contributed by atoms with van der Waals surface area (Å²) in [5.74, 6) is 0.338. The number of piperidine rings is 1. The fraction of sp³-hybridized carbons (Fsp3) is 0.350. The van der Waals surface area contributed by atoms with Crippen LogP contribution in [-0.4, -0.2) is 38.8 Å². The van der Waals surface area contributed by atoms with Gasteiger partial charge in [0.05, 0.1) is 17.6 Å². The van der Waals surface area contributed by atoms with Gasteiger partial charge in [-0.2, -0.15) is 4.31 Å². The third kappa shape index (κ3) is 4.48. The van der Waals surface area contributed by atoms with Crippen molar-refractivity contribution in [3.05, 3.63) is 59.7 Å². The minimum absolute atomic E-state index is 0.0686. The van der Waals surface area contributed by atoms with Crippen molar-refractivity contribution in [2.75, 3.05) is 20.2 Å². The summed E-state index contributed by atoms with van der Waals surface area (Å²) in [4.78, 5) is 12.7. The van der Waals surface area contributed by atoms with Crippen LogP contribution in [0.1, 0.15) is 35.2 Å². The minimum Gasteiger partial charge on any atom is -0.497 e.